The van der Waals surface area contributed by atoms with Gasteiger partial charge in [-0.3, -0.25) is 14.6 Å². The van der Waals surface area contributed by atoms with Crippen LogP contribution in [0, 0.1) is 0 Å². The molecule has 0 saturated heterocycles. The van der Waals surface area contributed by atoms with Crippen molar-refractivity contribution in [3.05, 3.63) is 94.3 Å². The smallest absolute Gasteiger partial charge is 0.483 e. The number of aromatic amines is 1. The summed E-state index contributed by atoms with van der Waals surface area (Å²) in [5.74, 6) is -4.18. The number of pyridine rings is 1. The lowest BCUT2D eigenvalue weighted by atomic mass is 10.1. The third-order valence-corrected chi connectivity index (χ3v) is 6.38. The molecule has 0 aliphatic heterocycles. The molecule has 254 valence electrons. The number of ether oxygens (including phenoxy) is 1. The molecule has 3 N–H and O–H groups in total. The number of carbonyl (C=O) groups excluding carboxylic acids is 1. The van der Waals surface area contributed by atoms with E-state index in [0.29, 0.717) is 5.56 Å². The molecule has 0 aliphatic carbocycles. The first-order chi connectivity index (χ1) is 22.2. The molecule has 5 rings (SSSR count). The topological polar surface area (TPSA) is 139 Å². The quantitative estimate of drug-likeness (QED) is 0.177. The number of benzene rings is 2. The molecule has 19 heteroatoms. The van der Waals surface area contributed by atoms with Gasteiger partial charge in [-0.1, -0.05) is 36.4 Å². The van der Waals surface area contributed by atoms with Gasteiger partial charge in [-0.25, -0.2) is 9.31 Å². The van der Waals surface area contributed by atoms with Crippen LogP contribution >= 0.6 is 0 Å². The number of H-pyrrole nitrogens is 1. The Balaban J connectivity index is 0.000000671. The van der Waals surface area contributed by atoms with E-state index in [1.54, 1.807) is 18.2 Å². The summed E-state index contributed by atoms with van der Waals surface area (Å²) in [7, 11) is 0. The average molecular weight is 689 g/mol. The molecule has 0 aliphatic rings. The lowest BCUT2D eigenvalue weighted by Crippen LogP contribution is -2.29. The molecule has 1 amide bonds. The molecule has 10 nitrogen and oxygen atoms in total. The van der Waals surface area contributed by atoms with Crippen molar-refractivity contribution in [2.24, 2.45) is 0 Å². The number of carbonyl (C=O) groups is 2. The number of alkyl halides is 9. The number of nitrogens with one attached hydrogen (secondary N) is 2. The van der Waals surface area contributed by atoms with Crippen molar-refractivity contribution >= 4 is 28.2 Å². The van der Waals surface area contributed by atoms with Crippen molar-refractivity contribution in [1.82, 2.24) is 24.9 Å². The maximum Gasteiger partial charge on any atom is 0.490 e. The Morgan fingerprint density at radius 3 is 2.19 bits per heavy atom. The second-order valence-electron chi connectivity index (χ2n) is 9.89. The minimum Gasteiger partial charge on any atom is -0.483 e. The first kappa shape index (κ1) is 35.2. The molecular weight excluding hydrogens is 669 g/mol. The molecule has 3 heterocycles. The molecule has 0 saturated carbocycles. The van der Waals surface area contributed by atoms with Crippen molar-refractivity contribution in [1.29, 1.82) is 0 Å². The molecular formula is C29H20F9N5O5. The molecule has 5 aromatic rings. The molecule has 1 unspecified atom stereocenters. The molecule has 48 heavy (non-hydrogen) atoms. The number of carboxylic acids is 1. The molecule has 3 aromatic heterocycles. The maximum atomic E-state index is 14.1. The standard InChI is InChI=1S/C27H19F6N5O3.C2HF3O2/c1-14(19-9-8-18(11-34-19)41-13-26(28,29)30)35-24(39)22-21(27(31,32)33)23-25(40)36-20(12-38(23)37-22)17-7-6-15-4-2-3-5-16(15)10-17;3-2(4,5)1(6)7/h2-12,14H,13H2,1H3,(H,35,39)(H,36,40);(H,6,7). The van der Waals surface area contributed by atoms with Crippen LogP contribution in [0.2, 0.25) is 0 Å². The van der Waals surface area contributed by atoms with Crippen LogP contribution in [0.25, 0.3) is 27.5 Å². The fraction of sp³-hybridized carbons (Fsp3) is 0.207. The van der Waals surface area contributed by atoms with E-state index < -0.39 is 65.4 Å². The number of aromatic nitrogens is 4. The van der Waals surface area contributed by atoms with Crippen molar-refractivity contribution in [3.8, 4) is 17.0 Å². The second-order valence-corrected chi connectivity index (χ2v) is 9.89. The van der Waals surface area contributed by atoms with Gasteiger partial charge in [0.05, 0.1) is 29.8 Å². The van der Waals surface area contributed by atoms with Gasteiger partial charge in [-0.05, 0) is 35.9 Å². The largest absolute Gasteiger partial charge is 0.490 e. The number of amides is 1. The van der Waals surface area contributed by atoms with Gasteiger partial charge in [0, 0.05) is 5.56 Å². The van der Waals surface area contributed by atoms with Crippen LogP contribution < -0.4 is 15.6 Å². The highest BCUT2D eigenvalue weighted by Crippen LogP contribution is 2.35. The monoisotopic (exact) mass is 689 g/mol. The van der Waals surface area contributed by atoms with Crippen LogP contribution in [0.1, 0.15) is 34.7 Å². The van der Waals surface area contributed by atoms with E-state index in [9.17, 15) is 49.1 Å². The summed E-state index contributed by atoms with van der Waals surface area (Å²) < 4.78 is 116. The first-order valence-electron chi connectivity index (χ1n) is 13.2. The van der Waals surface area contributed by atoms with Crippen LogP contribution in [0.4, 0.5) is 39.5 Å². The lowest BCUT2D eigenvalue weighted by molar-refractivity contribution is -0.192. The highest BCUT2D eigenvalue weighted by molar-refractivity contribution is 5.96. The zero-order valence-corrected chi connectivity index (χ0v) is 24.0. The normalized spacial score (nSPS) is 12.7. The zero-order chi connectivity index (χ0) is 35.6. The van der Waals surface area contributed by atoms with E-state index in [2.05, 4.69) is 25.1 Å². The van der Waals surface area contributed by atoms with E-state index in [1.807, 2.05) is 24.3 Å². The van der Waals surface area contributed by atoms with Crippen LogP contribution in [0.5, 0.6) is 5.75 Å². The Hall–Kier alpha value is -5.62. The van der Waals surface area contributed by atoms with Gasteiger partial charge in [0.1, 0.15) is 16.8 Å². The summed E-state index contributed by atoms with van der Waals surface area (Å²) in [6.45, 7) is -0.125. The zero-order valence-electron chi connectivity index (χ0n) is 24.0. The fourth-order valence-electron chi connectivity index (χ4n) is 4.25. The lowest BCUT2D eigenvalue weighted by Gasteiger charge is -2.14. The van der Waals surface area contributed by atoms with E-state index in [4.69, 9.17) is 9.90 Å². The molecule has 0 radical (unpaired) electrons. The summed E-state index contributed by atoms with van der Waals surface area (Å²) in [6.07, 6.45) is -12.6. The van der Waals surface area contributed by atoms with Crippen LogP contribution in [0.3, 0.4) is 0 Å². The van der Waals surface area contributed by atoms with Crippen molar-refractivity contribution < 1.29 is 58.9 Å². The number of nitrogens with zero attached hydrogens (tertiary/aromatic N) is 3. The van der Waals surface area contributed by atoms with Gasteiger partial charge in [0.25, 0.3) is 11.5 Å². The molecule has 0 fully saturated rings. The van der Waals surface area contributed by atoms with Gasteiger partial charge in [0.15, 0.2) is 12.3 Å². The summed E-state index contributed by atoms with van der Waals surface area (Å²) in [5, 5.41) is 15.0. The number of rotatable bonds is 6. The fourth-order valence-corrected chi connectivity index (χ4v) is 4.25. The number of fused-ring (bicyclic) bond motifs is 2. The van der Waals surface area contributed by atoms with Gasteiger partial charge in [0.2, 0.25) is 0 Å². The third-order valence-electron chi connectivity index (χ3n) is 6.38. The molecule has 1 atom stereocenters. The highest BCUT2D eigenvalue weighted by atomic mass is 19.4. The predicted molar refractivity (Wildman–Crippen MR) is 149 cm³/mol. The van der Waals surface area contributed by atoms with Crippen LogP contribution in [0.15, 0.2) is 71.8 Å². The Labute approximate surface area is 261 Å². The number of halogens is 9. The number of carboxylic acid groups (broad SMARTS) is 1. The maximum absolute atomic E-state index is 14.1. The van der Waals surface area contributed by atoms with Gasteiger partial charge in [-0.15, -0.1) is 0 Å². The van der Waals surface area contributed by atoms with E-state index in [1.165, 1.54) is 25.3 Å². The summed E-state index contributed by atoms with van der Waals surface area (Å²) in [5.41, 5.74) is -3.68. The Morgan fingerprint density at radius 2 is 1.62 bits per heavy atom. The minimum absolute atomic E-state index is 0.131. The Bertz CT molecular complexity index is 2020. The van der Waals surface area contributed by atoms with E-state index >= 15 is 0 Å². The molecule has 2 aromatic carbocycles. The first-order valence-corrected chi connectivity index (χ1v) is 13.2. The molecule has 0 spiro atoms. The minimum atomic E-state index is -5.11. The predicted octanol–water partition coefficient (Wildman–Crippen LogP) is 6.32. The van der Waals surface area contributed by atoms with Gasteiger partial charge < -0.3 is 20.1 Å². The van der Waals surface area contributed by atoms with Crippen LogP contribution in [-0.4, -0.2) is 55.5 Å². The van der Waals surface area contributed by atoms with E-state index in [0.717, 1.165) is 21.5 Å². The van der Waals surface area contributed by atoms with E-state index in [-0.39, 0.29) is 17.1 Å². The summed E-state index contributed by atoms with van der Waals surface area (Å²) in [6, 6.07) is 14.1. The second kappa shape index (κ2) is 13.2. The third kappa shape index (κ3) is 8.39. The Kier molecular flexibility index (Phi) is 9.72. The van der Waals surface area contributed by atoms with Crippen molar-refractivity contribution in [2.45, 2.75) is 31.5 Å². The van der Waals surface area contributed by atoms with Gasteiger partial charge in [-0.2, -0.15) is 44.6 Å². The molecule has 0 bridgehead atoms. The summed E-state index contributed by atoms with van der Waals surface area (Å²) in [4.78, 5) is 41.1. The highest BCUT2D eigenvalue weighted by Gasteiger charge is 2.42. The number of hydrogen-bond acceptors (Lipinski definition) is 6. The Morgan fingerprint density at radius 1 is 0.979 bits per heavy atom. The van der Waals surface area contributed by atoms with Gasteiger partial charge >= 0.3 is 24.5 Å². The van der Waals surface area contributed by atoms with Crippen molar-refractivity contribution in [2.75, 3.05) is 6.61 Å². The summed E-state index contributed by atoms with van der Waals surface area (Å²) >= 11 is 0. The SMILES string of the molecule is CC(NC(=O)c1nn2cc(-c3ccc4ccccc4c3)[nH]c(=O)c2c1C(F)(F)F)c1ccc(OCC(F)(F)F)cn1.O=C(O)C(F)(F)F. The number of hydrogen-bond donors (Lipinski definition) is 3. The van der Waals surface area contributed by atoms with Crippen molar-refractivity contribution in [3.63, 3.8) is 0 Å². The van der Waals surface area contributed by atoms with Crippen LogP contribution in [-0.2, 0) is 11.0 Å². The number of aliphatic carboxylic acids is 1. The average Bonchev–Trinajstić information content (AvgIpc) is 3.41.